The summed E-state index contributed by atoms with van der Waals surface area (Å²) in [6, 6.07) is 6.91. The van der Waals surface area contributed by atoms with Gasteiger partial charge in [-0.15, -0.1) is 0 Å². The maximum absolute atomic E-state index is 12.2. The molecule has 1 aromatic rings. The van der Waals surface area contributed by atoms with Crippen LogP contribution in [0.15, 0.2) is 24.3 Å². The number of carbonyl (C=O) groups is 1. The Hall–Kier alpha value is -1.44. The fourth-order valence-corrected chi connectivity index (χ4v) is 4.38. The van der Waals surface area contributed by atoms with Crippen LogP contribution in [0.3, 0.4) is 0 Å². The second-order valence-electron chi connectivity index (χ2n) is 5.25. The second kappa shape index (κ2) is 6.55. The monoisotopic (exact) mass is 313 g/mol. The smallest absolute Gasteiger partial charge is 0.307 e. The third kappa shape index (κ3) is 3.81. The Labute approximate surface area is 123 Å². The van der Waals surface area contributed by atoms with E-state index in [-0.39, 0.29) is 13.2 Å². The lowest BCUT2D eigenvalue weighted by Gasteiger charge is -2.17. The largest absolute Gasteiger partial charge is 0.481 e. The zero-order valence-electron chi connectivity index (χ0n) is 11.5. The number of aliphatic hydroxyl groups excluding tert-OH is 1. The van der Waals surface area contributed by atoms with Crippen molar-refractivity contribution in [1.29, 1.82) is 0 Å². The van der Waals surface area contributed by atoms with Crippen molar-refractivity contribution in [3.8, 4) is 0 Å². The molecule has 1 saturated carbocycles. The van der Waals surface area contributed by atoms with E-state index in [0.29, 0.717) is 19.3 Å². The highest BCUT2D eigenvalue weighted by atomic mass is 32.2. The first-order valence-electron chi connectivity index (χ1n) is 6.84. The maximum atomic E-state index is 12.2. The normalized spacial score (nSPS) is 22.3. The number of rotatable bonds is 6. The van der Waals surface area contributed by atoms with Gasteiger partial charge in [0.1, 0.15) is 0 Å². The van der Waals surface area contributed by atoms with E-state index >= 15 is 0 Å². The molecule has 0 aromatic heterocycles. The second-order valence-corrected chi connectivity index (χ2v) is 7.24. The lowest BCUT2D eigenvalue weighted by atomic mass is 10.1. The number of carboxylic acid groups (broad SMARTS) is 1. The highest BCUT2D eigenvalue weighted by Crippen LogP contribution is 2.31. The summed E-state index contributed by atoms with van der Waals surface area (Å²) >= 11 is 0. The predicted molar refractivity (Wildman–Crippen MR) is 76.9 cm³/mol. The fraction of sp³-hybridized carbons (Fsp3) is 0.500. The van der Waals surface area contributed by atoms with E-state index in [4.69, 9.17) is 10.2 Å². The van der Waals surface area contributed by atoms with Gasteiger partial charge in [-0.2, -0.15) is 0 Å². The molecule has 0 bridgehead atoms. The van der Waals surface area contributed by atoms with Crippen molar-refractivity contribution in [2.24, 2.45) is 5.92 Å². The zero-order chi connectivity index (χ0) is 15.5. The number of aliphatic hydroxyl groups is 1. The van der Waals surface area contributed by atoms with Crippen LogP contribution in [0.2, 0.25) is 0 Å². The van der Waals surface area contributed by atoms with Gasteiger partial charge in [0.2, 0.25) is 10.0 Å². The van der Waals surface area contributed by atoms with Crippen LogP contribution in [0.1, 0.15) is 30.4 Å². The minimum atomic E-state index is -3.65. The molecule has 7 heteroatoms. The molecule has 21 heavy (non-hydrogen) atoms. The third-order valence-corrected chi connectivity index (χ3v) is 5.76. The topological polar surface area (TPSA) is 104 Å². The minimum absolute atomic E-state index is 0.0611. The number of nitrogens with one attached hydrogen (secondary N) is 1. The lowest BCUT2D eigenvalue weighted by Crippen LogP contribution is -2.38. The molecule has 0 spiro atoms. The van der Waals surface area contributed by atoms with E-state index in [0.717, 1.165) is 11.1 Å². The molecular formula is C14H19NO5S. The van der Waals surface area contributed by atoms with Crippen molar-refractivity contribution >= 4 is 16.0 Å². The Kier molecular flexibility index (Phi) is 4.97. The van der Waals surface area contributed by atoms with Gasteiger partial charge >= 0.3 is 5.97 Å². The van der Waals surface area contributed by atoms with Crippen molar-refractivity contribution in [3.63, 3.8) is 0 Å². The average molecular weight is 313 g/mol. The first-order chi connectivity index (χ1) is 9.94. The number of hydrogen-bond acceptors (Lipinski definition) is 4. The van der Waals surface area contributed by atoms with Crippen LogP contribution in [-0.2, 0) is 28.0 Å². The molecule has 0 aliphatic heterocycles. The first-order valence-corrected chi connectivity index (χ1v) is 8.38. The van der Waals surface area contributed by atoms with E-state index in [1.54, 1.807) is 24.3 Å². The number of hydrogen-bond donors (Lipinski definition) is 3. The van der Waals surface area contributed by atoms with Crippen molar-refractivity contribution in [2.75, 3.05) is 0 Å². The molecule has 116 valence electrons. The van der Waals surface area contributed by atoms with Crippen LogP contribution in [0.5, 0.6) is 0 Å². The Morgan fingerprint density at radius 1 is 1.19 bits per heavy atom. The van der Waals surface area contributed by atoms with Gasteiger partial charge in [-0.25, -0.2) is 13.1 Å². The van der Waals surface area contributed by atoms with Gasteiger partial charge < -0.3 is 10.2 Å². The van der Waals surface area contributed by atoms with Crippen molar-refractivity contribution in [1.82, 2.24) is 4.72 Å². The van der Waals surface area contributed by atoms with E-state index in [9.17, 15) is 13.2 Å². The molecular weight excluding hydrogens is 294 g/mol. The van der Waals surface area contributed by atoms with Crippen molar-refractivity contribution in [3.05, 3.63) is 35.4 Å². The predicted octanol–water partition coefficient (Wildman–Crippen LogP) is 0.852. The SMILES string of the molecule is O=C(O)C1CCCC1S(=O)(=O)NCc1ccc(CO)cc1. The van der Waals surface area contributed by atoms with Crippen molar-refractivity contribution in [2.45, 2.75) is 37.7 Å². The fourth-order valence-electron chi connectivity index (χ4n) is 2.63. The number of benzene rings is 1. The molecule has 1 aromatic carbocycles. The van der Waals surface area contributed by atoms with Crippen LogP contribution in [0.4, 0.5) is 0 Å². The Morgan fingerprint density at radius 3 is 2.38 bits per heavy atom. The molecule has 6 nitrogen and oxygen atoms in total. The van der Waals surface area contributed by atoms with Gasteiger partial charge in [-0.1, -0.05) is 30.7 Å². The summed E-state index contributed by atoms with van der Waals surface area (Å²) in [5, 5.41) is 17.2. The molecule has 2 rings (SSSR count). The van der Waals surface area contributed by atoms with Crippen LogP contribution in [0.25, 0.3) is 0 Å². The molecule has 2 unspecified atom stereocenters. The van der Waals surface area contributed by atoms with Gasteiger partial charge in [-0.3, -0.25) is 4.79 Å². The Balaban J connectivity index is 2.02. The van der Waals surface area contributed by atoms with Gasteiger partial charge in [0, 0.05) is 6.54 Å². The van der Waals surface area contributed by atoms with Crippen molar-refractivity contribution < 1.29 is 23.4 Å². The molecule has 0 saturated heterocycles. The maximum Gasteiger partial charge on any atom is 0.307 e. The van der Waals surface area contributed by atoms with Crippen LogP contribution < -0.4 is 4.72 Å². The summed E-state index contributed by atoms with van der Waals surface area (Å²) in [4.78, 5) is 11.1. The van der Waals surface area contributed by atoms with E-state index in [1.165, 1.54) is 0 Å². The molecule has 3 N–H and O–H groups in total. The summed E-state index contributed by atoms with van der Waals surface area (Å²) in [6.07, 6.45) is 1.41. The summed E-state index contributed by atoms with van der Waals surface area (Å²) < 4.78 is 26.9. The Bertz CT molecular complexity index is 596. The molecule has 1 aliphatic rings. The van der Waals surface area contributed by atoms with E-state index in [2.05, 4.69) is 4.72 Å². The standard InChI is InChI=1S/C14H19NO5S/c16-9-11-6-4-10(5-7-11)8-15-21(19,20)13-3-1-2-12(13)14(17)18/h4-7,12-13,15-16H,1-3,8-9H2,(H,17,18). The molecule has 0 radical (unpaired) electrons. The molecule has 0 amide bonds. The number of carboxylic acids is 1. The van der Waals surface area contributed by atoms with Crippen LogP contribution in [-0.4, -0.2) is 29.9 Å². The summed E-state index contributed by atoms with van der Waals surface area (Å²) in [5.74, 6) is -1.87. The first kappa shape index (κ1) is 15.9. The highest BCUT2D eigenvalue weighted by molar-refractivity contribution is 7.90. The van der Waals surface area contributed by atoms with Gasteiger partial charge in [-0.05, 0) is 24.0 Å². The zero-order valence-corrected chi connectivity index (χ0v) is 12.3. The Morgan fingerprint density at radius 2 is 1.81 bits per heavy atom. The van der Waals surface area contributed by atoms with Gasteiger partial charge in [0.15, 0.2) is 0 Å². The molecule has 0 heterocycles. The quantitative estimate of drug-likeness (QED) is 0.722. The van der Waals surface area contributed by atoms with E-state index < -0.39 is 27.2 Å². The van der Waals surface area contributed by atoms with Gasteiger partial charge in [0.05, 0.1) is 17.8 Å². The lowest BCUT2D eigenvalue weighted by molar-refractivity contribution is -0.141. The average Bonchev–Trinajstić information content (AvgIpc) is 2.96. The molecule has 1 aliphatic carbocycles. The van der Waals surface area contributed by atoms with E-state index in [1.807, 2.05) is 0 Å². The molecule has 2 atom stereocenters. The molecule has 1 fully saturated rings. The summed E-state index contributed by atoms with van der Waals surface area (Å²) in [7, 11) is -3.65. The van der Waals surface area contributed by atoms with Crippen LogP contribution in [0, 0.1) is 5.92 Å². The number of sulfonamides is 1. The number of aliphatic carboxylic acids is 1. The van der Waals surface area contributed by atoms with Gasteiger partial charge in [0.25, 0.3) is 0 Å². The third-order valence-electron chi connectivity index (χ3n) is 3.85. The highest BCUT2D eigenvalue weighted by Gasteiger charge is 2.41. The minimum Gasteiger partial charge on any atom is -0.481 e. The summed E-state index contributed by atoms with van der Waals surface area (Å²) in [5.41, 5.74) is 1.52. The van der Waals surface area contributed by atoms with Crippen LogP contribution >= 0.6 is 0 Å². The summed E-state index contributed by atoms with van der Waals surface area (Å²) in [6.45, 7) is 0.0608.